The summed E-state index contributed by atoms with van der Waals surface area (Å²) in [6.07, 6.45) is 0. The molecule has 1 amide bonds. The highest BCUT2D eigenvalue weighted by Gasteiger charge is 2.19. The SMILES string of the molecule is COCCn1c(SC(C)C(=O)Nc2ccc(C)c(F)c2)nc2ccccc21. The van der Waals surface area contributed by atoms with E-state index >= 15 is 0 Å². The fraction of sp³-hybridized carbons (Fsp3) is 0.300. The van der Waals surface area contributed by atoms with E-state index in [1.54, 1.807) is 26.2 Å². The molecule has 27 heavy (non-hydrogen) atoms. The summed E-state index contributed by atoms with van der Waals surface area (Å²) < 4.78 is 20.9. The molecule has 0 spiro atoms. The van der Waals surface area contributed by atoms with E-state index in [-0.39, 0.29) is 11.7 Å². The van der Waals surface area contributed by atoms with Crippen LogP contribution < -0.4 is 5.32 Å². The van der Waals surface area contributed by atoms with E-state index in [1.807, 2.05) is 31.2 Å². The normalized spacial score (nSPS) is 12.3. The number of nitrogens with one attached hydrogen (secondary N) is 1. The first-order chi connectivity index (χ1) is 13.0. The predicted molar refractivity (Wildman–Crippen MR) is 107 cm³/mol. The molecule has 3 rings (SSSR count). The van der Waals surface area contributed by atoms with Crippen molar-refractivity contribution < 1.29 is 13.9 Å². The van der Waals surface area contributed by atoms with Gasteiger partial charge in [-0.15, -0.1) is 0 Å². The van der Waals surface area contributed by atoms with Gasteiger partial charge in [-0.05, 0) is 43.7 Å². The van der Waals surface area contributed by atoms with Crippen LogP contribution in [-0.4, -0.2) is 34.4 Å². The molecule has 2 aromatic carbocycles. The second-order valence-electron chi connectivity index (χ2n) is 6.24. The van der Waals surface area contributed by atoms with E-state index in [0.29, 0.717) is 24.4 Å². The van der Waals surface area contributed by atoms with Gasteiger partial charge in [0.25, 0.3) is 0 Å². The Morgan fingerprint density at radius 2 is 2.11 bits per heavy atom. The number of carbonyl (C=O) groups excluding carboxylic acids is 1. The van der Waals surface area contributed by atoms with Crippen molar-refractivity contribution >= 4 is 34.4 Å². The molecule has 1 aromatic heterocycles. The molecule has 0 aliphatic carbocycles. The fourth-order valence-electron chi connectivity index (χ4n) is 2.67. The molecule has 7 heteroatoms. The van der Waals surface area contributed by atoms with Gasteiger partial charge in [-0.3, -0.25) is 4.79 Å². The first kappa shape index (κ1) is 19.4. The second-order valence-corrected chi connectivity index (χ2v) is 7.55. The van der Waals surface area contributed by atoms with Gasteiger partial charge in [0.2, 0.25) is 5.91 Å². The smallest absolute Gasteiger partial charge is 0.237 e. The minimum absolute atomic E-state index is 0.200. The van der Waals surface area contributed by atoms with Crippen LogP contribution in [0, 0.1) is 12.7 Å². The van der Waals surface area contributed by atoms with Crippen molar-refractivity contribution in [2.75, 3.05) is 19.0 Å². The van der Waals surface area contributed by atoms with Crippen LogP contribution in [0.4, 0.5) is 10.1 Å². The Morgan fingerprint density at radius 3 is 2.85 bits per heavy atom. The standard InChI is InChI=1S/C20H22FN3O2S/c1-13-8-9-15(12-16(13)21)22-19(25)14(2)27-20-23-17-6-4-5-7-18(17)24(20)10-11-26-3/h4-9,12,14H,10-11H2,1-3H3,(H,22,25). The quantitative estimate of drug-likeness (QED) is 0.616. The summed E-state index contributed by atoms with van der Waals surface area (Å²) >= 11 is 1.37. The van der Waals surface area contributed by atoms with Crippen molar-refractivity contribution in [3.8, 4) is 0 Å². The number of hydrogen-bond donors (Lipinski definition) is 1. The zero-order chi connectivity index (χ0) is 19.4. The number of amides is 1. The van der Waals surface area contributed by atoms with Crippen molar-refractivity contribution in [2.24, 2.45) is 0 Å². The van der Waals surface area contributed by atoms with Crippen LogP contribution in [0.3, 0.4) is 0 Å². The van der Waals surface area contributed by atoms with Gasteiger partial charge >= 0.3 is 0 Å². The topological polar surface area (TPSA) is 56.1 Å². The van der Waals surface area contributed by atoms with Crippen molar-refractivity contribution in [3.05, 3.63) is 53.8 Å². The minimum atomic E-state index is -0.396. The number of aromatic nitrogens is 2. The molecule has 142 valence electrons. The molecule has 1 atom stereocenters. The minimum Gasteiger partial charge on any atom is -0.383 e. The number of benzene rings is 2. The Morgan fingerprint density at radius 1 is 1.33 bits per heavy atom. The number of methoxy groups -OCH3 is 1. The van der Waals surface area contributed by atoms with Gasteiger partial charge in [-0.1, -0.05) is 30.0 Å². The molecule has 1 heterocycles. The van der Waals surface area contributed by atoms with Gasteiger partial charge in [0.15, 0.2) is 5.16 Å². The number of anilines is 1. The van der Waals surface area contributed by atoms with Crippen LogP contribution in [0.5, 0.6) is 0 Å². The fourth-order valence-corrected chi connectivity index (χ4v) is 3.62. The Hall–Kier alpha value is -2.38. The van der Waals surface area contributed by atoms with Crippen LogP contribution in [0.1, 0.15) is 12.5 Å². The molecule has 0 radical (unpaired) electrons. The molecule has 0 aliphatic rings. The Bertz CT molecular complexity index is 958. The molecule has 0 fully saturated rings. The summed E-state index contributed by atoms with van der Waals surface area (Å²) in [5.41, 5.74) is 2.88. The lowest BCUT2D eigenvalue weighted by atomic mass is 10.2. The van der Waals surface area contributed by atoms with Crippen LogP contribution in [0.2, 0.25) is 0 Å². The van der Waals surface area contributed by atoms with Crippen LogP contribution in [0.15, 0.2) is 47.6 Å². The summed E-state index contributed by atoms with van der Waals surface area (Å²) in [7, 11) is 1.66. The molecule has 0 aliphatic heterocycles. The highest BCUT2D eigenvalue weighted by atomic mass is 32.2. The van der Waals surface area contributed by atoms with E-state index in [1.165, 1.54) is 17.8 Å². The monoisotopic (exact) mass is 387 g/mol. The maximum Gasteiger partial charge on any atom is 0.237 e. The number of para-hydroxylation sites is 2. The van der Waals surface area contributed by atoms with Gasteiger partial charge in [0, 0.05) is 19.3 Å². The number of ether oxygens (including phenoxy) is 1. The van der Waals surface area contributed by atoms with E-state index in [9.17, 15) is 9.18 Å². The zero-order valence-corrected chi connectivity index (χ0v) is 16.3. The van der Waals surface area contributed by atoms with E-state index in [0.717, 1.165) is 16.2 Å². The van der Waals surface area contributed by atoms with Crippen LogP contribution >= 0.6 is 11.8 Å². The number of thioether (sulfide) groups is 1. The van der Waals surface area contributed by atoms with Crippen molar-refractivity contribution in [3.63, 3.8) is 0 Å². The Balaban J connectivity index is 1.77. The number of fused-ring (bicyclic) bond motifs is 1. The van der Waals surface area contributed by atoms with Gasteiger partial charge in [0.1, 0.15) is 5.82 Å². The Labute approximate surface area is 161 Å². The maximum absolute atomic E-state index is 13.7. The largest absolute Gasteiger partial charge is 0.383 e. The van der Waals surface area contributed by atoms with E-state index in [4.69, 9.17) is 4.74 Å². The maximum atomic E-state index is 13.7. The first-order valence-electron chi connectivity index (χ1n) is 8.67. The molecule has 0 saturated carbocycles. The van der Waals surface area contributed by atoms with Gasteiger partial charge in [-0.2, -0.15) is 0 Å². The van der Waals surface area contributed by atoms with E-state index in [2.05, 4.69) is 14.9 Å². The van der Waals surface area contributed by atoms with Crippen molar-refractivity contribution in [1.29, 1.82) is 0 Å². The third-order valence-electron chi connectivity index (χ3n) is 4.23. The predicted octanol–water partition coefficient (Wildman–Crippen LogP) is 4.25. The first-order valence-corrected chi connectivity index (χ1v) is 9.55. The Kier molecular flexibility index (Phi) is 6.13. The average Bonchev–Trinajstić information content (AvgIpc) is 3.00. The molecular formula is C20H22FN3O2S. The molecule has 1 unspecified atom stereocenters. The summed E-state index contributed by atoms with van der Waals surface area (Å²) in [5.74, 6) is -0.539. The zero-order valence-electron chi connectivity index (χ0n) is 15.5. The lowest BCUT2D eigenvalue weighted by Gasteiger charge is -2.13. The van der Waals surface area contributed by atoms with Crippen molar-refractivity contribution in [1.82, 2.24) is 9.55 Å². The summed E-state index contributed by atoms with van der Waals surface area (Å²) in [4.78, 5) is 17.2. The molecular weight excluding hydrogens is 365 g/mol. The molecule has 0 saturated heterocycles. The number of rotatable bonds is 7. The average molecular weight is 387 g/mol. The van der Waals surface area contributed by atoms with E-state index < -0.39 is 5.25 Å². The highest BCUT2D eigenvalue weighted by Crippen LogP contribution is 2.28. The number of aryl methyl sites for hydroxylation is 1. The van der Waals surface area contributed by atoms with Gasteiger partial charge in [0.05, 0.1) is 22.9 Å². The van der Waals surface area contributed by atoms with Crippen LogP contribution in [0.25, 0.3) is 11.0 Å². The summed E-state index contributed by atoms with van der Waals surface area (Å²) in [5, 5.41) is 3.12. The number of hydrogen-bond acceptors (Lipinski definition) is 4. The lowest BCUT2D eigenvalue weighted by Crippen LogP contribution is -2.23. The number of nitrogens with zero attached hydrogens (tertiary/aromatic N) is 2. The van der Waals surface area contributed by atoms with Gasteiger partial charge < -0.3 is 14.6 Å². The highest BCUT2D eigenvalue weighted by molar-refractivity contribution is 8.00. The van der Waals surface area contributed by atoms with Crippen LogP contribution in [-0.2, 0) is 16.1 Å². The summed E-state index contributed by atoms with van der Waals surface area (Å²) in [6.45, 7) is 4.70. The molecule has 0 bridgehead atoms. The number of imidazole rings is 1. The van der Waals surface area contributed by atoms with Crippen molar-refractivity contribution in [2.45, 2.75) is 30.8 Å². The molecule has 1 N–H and O–H groups in total. The summed E-state index contributed by atoms with van der Waals surface area (Å²) in [6, 6.07) is 12.5. The number of carbonyl (C=O) groups is 1. The molecule has 5 nitrogen and oxygen atoms in total. The lowest BCUT2D eigenvalue weighted by molar-refractivity contribution is -0.115. The third-order valence-corrected chi connectivity index (χ3v) is 5.32. The van der Waals surface area contributed by atoms with Gasteiger partial charge in [-0.25, -0.2) is 9.37 Å². The number of halogens is 1. The third kappa shape index (κ3) is 4.48. The molecule has 3 aromatic rings. The second kappa shape index (κ2) is 8.54.